The summed E-state index contributed by atoms with van der Waals surface area (Å²) in [5.41, 5.74) is 4.57. The van der Waals surface area contributed by atoms with Gasteiger partial charge in [-0.3, -0.25) is 0 Å². The normalized spacial score (nSPS) is 11.8. The topological polar surface area (TPSA) is 88.4 Å². The lowest BCUT2D eigenvalue weighted by atomic mass is 10.1. The Morgan fingerprint density at radius 1 is 1.47 bits per heavy atom. The molecule has 0 saturated heterocycles. The first-order valence-electron chi connectivity index (χ1n) is 4.88. The van der Waals surface area contributed by atoms with Crippen molar-refractivity contribution in [2.24, 2.45) is 5.73 Å². The van der Waals surface area contributed by atoms with Gasteiger partial charge in [0.15, 0.2) is 0 Å². The summed E-state index contributed by atoms with van der Waals surface area (Å²) in [7, 11) is 1.79. The Bertz CT molecular complexity index is 305. The fraction of sp³-hybridized carbons (Fsp3) is 0.778. The van der Waals surface area contributed by atoms with Gasteiger partial charge in [-0.05, 0) is 13.8 Å². The summed E-state index contributed by atoms with van der Waals surface area (Å²) >= 11 is 0. The molecule has 0 amide bonds. The zero-order valence-electron chi connectivity index (χ0n) is 9.40. The second-order valence-electron chi connectivity index (χ2n) is 4.19. The van der Waals surface area contributed by atoms with E-state index in [0.717, 1.165) is 0 Å². The van der Waals surface area contributed by atoms with Crippen molar-refractivity contribution in [3.8, 4) is 0 Å². The molecule has 0 fully saturated rings. The van der Waals surface area contributed by atoms with Gasteiger partial charge >= 0.3 is 6.01 Å². The highest BCUT2D eigenvalue weighted by Gasteiger charge is 2.19. The molecule has 15 heavy (non-hydrogen) atoms. The second-order valence-corrected chi connectivity index (χ2v) is 4.19. The van der Waals surface area contributed by atoms with Crippen LogP contribution in [-0.2, 0) is 6.42 Å². The molecule has 1 heterocycles. The molecule has 6 heteroatoms. The fourth-order valence-corrected chi connectivity index (χ4v) is 1.27. The van der Waals surface area contributed by atoms with Crippen molar-refractivity contribution < 1.29 is 9.52 Å². The van der Waals surface area contributed by atoms with Crippen LogP contribution in [0.15, 0.2) is 4.42 Å². The number of hydrogen-bond acceptors (Lipinski definition) is 6. The van der Waals surface area contributed by atoms with E-state index in [1.165, 1.54) is 0 Å². The van der Waals surface area contributed by atoms with Crippen molar-refractivity contribution in [3.63, 3.8) is 0 Å². The van der Waals surface area contributed by atoms with Gasteiger partial charge in [-0.15, -0.1) is 5.10 Å². The molecule has 1 aromatic heterocycles. The quantitative estimate of drug-likeness (QED) is 0.704. The van der Waals surface area contributed by atoms with E-state index in [2.05, 4.69) is 10.2 Å². The predicted octanol–water partition coefficient (Wildman–Crippen LogP) is -0.222. The van der Waals surface area contributed by atoms with Gasteiger partial charge in [-0.2, -0.15) is 0 Å². The monoisotopic (exact) mass is 214 g/mol. The van der Waals surface area contributed by atoms with Crippen LogP contribution in [0.4, 0.5) is 6.01 Å². The maximum Gasteiger partial charge on any atom is 0.317 e. The highest BCUT2D eigenvalue weighted by atomic mass is 16.4. The number of aromatic nitrogens is 2. The Morgan fingerprint density at radius 3 is 2.67 bits per heavy atom. The van der Waals surface area contributed by atoms with Crippen LogP contribution in [0.25, 0.3) is 0 Å². The van der Waals surface area contributed by atoms with Crippen molar-refractivity contribution >= 4 is 6.01 Å². The summed E-state index contributed by atoms with van der Waals surface area (Å²) in [6.07, 6.45) is 0.573. The van der Waals surface area contributed by atoms with Gasteiger partial charge in [0.05, 0.1) is 12.1 Å². The fourth-order valence-electron chi connectivity index (χ4n) is 1.27. The molecule has 0 aliphatic heterocycles. The molecule has 1 rings (SSSR count). The van der Waals surface area contributed by atoms with E-state index in [1.807, 2.05) is 0 Å². The van der Waals surface area contributed by atoms with Gasteiger partial charge in [0.1, 0.15) is 0 Å². The first kappa shape index (κ1) is 11.9. The molecular weight excluding hydrogens is 196 g/mol. The van der Waals surface area contributed by atoms with Crippen LogP contribution in [-0.4, -0.2) is 41.0 Å². The first-order chi connectivity index (χ1) is 6.92. The zero-order valence-corrected chi connectivity index (χ0v) is 9.40. The summed E-state index contributed by atoms with van der Waals surface area (Å²) < 4.78 is 5.34. The molecule has 6 nitrogen and oxygen atoms in total. The lowest BCUT2D eigenvalue weighted by Crippen LogP contribution is -2.36. The van der Waals surface area contributed by atoms with Crippen LogP contribution in [0.2, 0.25) is 0 Å². The van der Waals surface area contributed by atoms with Crippen LogP contribution in [0.3, 0.4) is 0 Å². The first-order valence-corrected chi connectivity index (χ1v) is 4.88. The minimum Gasteiger partial charge on any atom is -0.408 e. The Hall–Kier alpha value is -1.14. The van der Waals surface area contributed by atoms with Gasteiger partial charge in [-0.1, -0.05) is 5.10 Å². The van der Waals surface area contributed by atoms with E-state index in [0.29, 0.717) is 31.4 Å². The molecule has 0 bridgehead atoms. The van der Waals surface area contributed by atoms with Crippen LogP contribution in [0.5, 0.6) is 0 Å². The Morgan fingerprint density at radius 2 is 2.13 bits per heavy atom. The van der Waals surface area contributed by atoms with E-state index in [4.69, 9.17) is 10.2 Å². The van der Waals surface area contributed by atoms with Crippen molar-refractivity contribution in [1.29, 1.82) is 0 Å². The van der Waals surface area contributed by atoms with E-state index < -0.39 is 5.60 Å². The molecule has 3 N–H and O–H groups in total. The molecule has 1 aromatic rings. The molecular formula is C9H18N4O2. The maximum atomic E-state index is 9.61. The minimum absolute atomic E-state index is 0.403. The van der Waals surface area contributed by atoms with Crippen LogP contribution < -0.4 is 10.6 Å². The van der Waals surface area contributed by atoms with E-state index in [-0.39, 0.29) is 0 Å². The molecule has 0 aliphatic carbocycles. The number of hydrogen-bond donors (Lipinski definition) is 2. The third kappa shape index (κ3) is 3.85. The summed E-state index contributed by atoms with van der Waals surface area (Å²) in [6, 6.07) is 0.403. The maximum absolute atomic E-state index is 9.61. The van der Waals surface area contributed by atoms with Gasteiger partial charge in [-0.25, -0.2) is 0 Å². The SMILES string of the molecule is CN(CC(C)(C)O)c1nnc(CCN)o1. The number of aliphatic hydroxyl groups is 1. The molecule has 0 saturated carbocycles. The van der Waals surface area contributed by atoms with Crippen LogP contribution in [0.1, 0.15) is 19.7 Å². The lowest BCUT2D eigenvalue weighted by Gasteiger charge is -2.23. The summed E-state index contributed by atoms with van der Waals surface area (Å²) in [4.78, 5) is 1.72. The average molecular weight is 214 g/mol. The average Bonchev–Trinajstić information content (AvgIpc) is 2.50. The highest BCUT2D eigenvalue weighted by molar-refractivity contribution is 5.22. The van der Waals surface area contributed by atoms with Crippen LogP contribution in [0, 0.1) is 0 Å². The van der Waals surface area contributed by atoms with Gasteiger partial charge in [0.2, 0.25) is 5.89 Å². The Labute approximate surface area is 89.1 Å². The van der Waals surface area contributed by atoms with Crippen molar-refractivity contribution in [2.45, 2.75) is 25.9 Å². The standard InChI is InChI=1S/C9H18N4O2/c1-9(2,14)6-13(3)8-12-11-7(15-8)4-5-10/h14H,4-6,10H2,1-3H3. The Kier molecular flexibility index (Phi) is 3.65. The van der Waals surface area contributed by atoms with Crippen molar-refractivity contribution in [3.05, 3.63) is 5.89 Å². The van der Waals surface area contributed by atoms with Crippen LogP contribution >= 0.6 is 0 Å². The number of nitrogens with zero attached hydrogens (tertiary/aromatic N) is 3. The van der Waals surface area contributed by atoms with E-state index in [9.17, 15) is 5.11 Å². The third-order valence-electron chi connectivity index (χ3n) is 1.77. The number of nitrogens with two attached hydrogens (primary N) is 1. The largest absolute Gasteiger partial charge is 0.408 e. The number of likely N-dealkylation sites (N-methyl/N-ethyl adjacent to an activating group) is 1. The molecule has 0 spiro atoms. The third-order valence-corrected chi connectivity index (χ3v) is 1.77. The Balaban J connectivity index is 2.61. The van der Waals surface area contributed by atoms with Gasteiger partial charge < -0.3 is 20.2 Å². The van der Waals surface area contributed by atoms with E-state index >= 15 is 0 Å². The molecule has 86 valence electrons. The smallest absolute Gasteiger partial charge is 0.317 e. The molecule has 0 radical (unpaired) electrons. The lowest BCUT2D eigenvalue weighted by molar-refractivity contribution is 0.0874. The highest BCUT2D eigenvalue weighted by Crippen LogP contribution is 2.13. The second kappa shape index (κ2) is 4.59. The molecule has 0 unspecified atom stereocenters. The number of rotatable bonds is 5. The zero-order chi connectivity index (χ0) is 11.5. The molecule has 0 atom stereocenters. The van der Waals surface area contributed by atoms with Crippen molar-refractivity contribution in [1.82, 2.24) is 10.2 Å². The molecule has 0 aromatic carbocycles. The van der Waals surface area contributed by atoms with Crippen molar-refractivity contribution in [2.75, 3.05) is 25.0 Å². The predicted molar refractivity (Wildman–Crippen MR) is 56.6 cm³/mol. The number of anilines is 1. The molecule has 0 aliphatic rings. The van der Waals surface area contributed by atoms with Gasteiger partial charge in [0.25, 0.3) is 0 Å². The minimum atomic E-state index is -0.794. The van der Waals surface area contributed by atoms with E-state index in [1.54, 1.807) is 25.8 Å². The summed E-state index contributed by atoms with van der Waals surface area (Å²) in [5, 5.41) is 17.3. The van der Waals surface area contributed by atoms with Gasteiger partial charge in [0, 0.05) is 20.0 Å². The summed E-state index contributed by atoms with van der Waals surface area (Å²) in [5.74, 6) is 0.523. The summed E-state index contributed by atoms with van der Waals surface area (Å²) in [6.45, 7) is 4.36.